The van der Waals surface area contributed by atoms with Crippen LogP contribution in [0, 0.1) is 0 Å². The van der Waals surface area contributed by atoms with Gasteiger partial charge in [0.05, 0.1) is 29.9 Å². The molecule has 2 aromatic rings. The maximum absolute atomic E-state index is 12.3. The molecule has 1 aliphatic heterocycles. The van der Waals surface area contributed by atoms with Crippen LogP contribution in [0.4, 0.5) is 0 Å². The second kappa shape index (κ2) is 5.14. The van der Waals surface area contributed by atoms with Gasteiger partial charge in [-0.25, -0.2) is 4.98 Å². The molecular formula is C13H18N3O2S2+. The van der Waals surface area contributed by atoms with Crippen molar-refractivity contribution in [2.24, 2.45) is 0 Å². The van der Waals surface area contributed by atoms with Crippen LogP contribution < -0.4 is 11.3 Å². The molecule has 0 spiro atoms. The van der Waals surface area contributed by atoms with Crippen molar-refractivity contribution < 1.29 is 10.5 Å². The Morgan fingerprint density at radius 1 is 1.55 bits per heavy atom. The fourth-order valence-electron chi connectivity index (χ4n) is 2.37. The maximum Gasteiger partial charge on any atom is 0.260 e. The quantitative estimate of drug-likeness (QED) is 0.658. The SMILES string of the molecule is CC1(C)Cc2c(sc3nc(SCC[NH3+])[nH]c(=O)c23)CO1. The highest BCUT2D eigenvalue weighted by Crippen LogP contribution is 2.37. The van der Waals surface area contributed by atoms with Gasteiger partial charge in [-0.3, -0.25) is 4.79 Å². The molecule has 0 aromatic carbocycles. The van der Waals surface area contributed by atoms with Crippen LogP contribution in [0.2, 0.25) is 0 Å². The van der Waals surface area contributed by atoms with Gasteiger partial charge >= 0.3 is 0 Å². The topological polar surface area (TPSA) is 82.6 Å². The lowest BCUT2D eigenvalue weighted by molar-refractivity contribution is -0.360. The number of thiophene rings is 1. The van der Waals surface area contributed by atoms with Crippen LogP contribution in [-0.4, -0.2) is 27.9 Å². The summed E-state index contributed by atoms with van der Waals surface area (Å²) in [5.41, 5.74) is 4.67. The van der Waals surface area contributed by atoms with E-state index in [9.17, 15) is 4.79 Å². The number of nitrogens with one attached hydrogen (secondary N) is 1. The fourth-order valence-corrected chi connectivity index (χ4v) is 4.19. The third-order valence-corrected chi connectivity index (χ3v) is 5.36. The summed E-state index contributed by atoms with van der Waals surface area (Å²) < 4.78 is 5.81. The molecule has 3 rings (SSSR count). The van der Waals surface area contributed by atoms with E-state index in [1.165, 1.54) is 0 Å². The highest BCUT2D eigenvalue weighted by atomic mass is 32.2. The molecule has 20 heavy (non-hydrogen) atoms. The summed E-state index contributed by atoms with van der Waals surface area (Å²) >= 11 is 3.12. The average Bonchev–Trinajstić information content (AvgIpc) is 2.73. The van der Waals surface area contributed by atoms with Gasteiger partial charge in [0.25, 0.3) is 5.56 Å². The van der Waals surface area contributed by atoms with Gasteiger partial charge in [-0.05, 0) is 19.4 Å². The molecular weight excluding hydrogens is 294 g/mol. The molecule has 0 atom stereocenters. The van der Waals surface area contributed by atoms with Crippen LogP contribution in [-0.2, 0) is 17.8 Å². The van der Waals surface area contributed by atoms with E-state index in [4.69, 9.17) is 4.74 Å². The Hall–Kier alpha value is -0.890. The van der Waals surface area contributed by atoms with Gasteiger partial charge in [0.15, 0.2) is 5.16 Å². The van der Waals surface area contributed by atoms with Crippen LogP contribution in [0.15, 0.2) is 9.95 Å². The summed E-state index contributed by atoms with van der Waals surface area (Å²) in [6.07, 6.45) is 0.762. The first kappa shape index (κ1) is 14.1. The number of hydrogen-bond acceptors (Lipinski definition) is 5. The average molecular weight is 312 g/mol. The Bertz CT molecular complexity index is 705. The van der Waals surface area contributed by atoms with Crippen molar-refractivity contribution in [2.75, 3.05) is 12.3 Å². The predicted octanol–water partition coefficient (Wildman–Crippen LogP) is 1.17. The van der Waals surface area contributed by atoms with Crippen molar-refractivity contribution in [1.82, 2.24) is 9.97 Å². The molecule has 1 aliphatic rings. The van der Waals surface area contributed by atoms with E-state index in [2.05, 4.69) is 29.5 Å². The number of nitrogens with zero attached hydrogens (tertiary/aromatic N) is 1. The Balaban J connectivity index is 2.10. The second-order valence-corrected chi connectivity index (χ2v) is 7.65. The maximum atomic E-state index is 12.3. The number of aromatic nitrogens is 2. The first-order valence-corrected chi connectivity index (χ1v) is 8.41. The number of H-pyrrole nitrogens is 1. The second-order valence-electron chi connectivity index (χ2n) is 5.48. The molecule has 108 valence electrons. The molecule has 3 heterocycles. The fraction of sp³-hybridized carbons (Fsp3) is 0.538. The van der Waals surface area contributed by atoms with E-state index in [0.29, 0.717) is 11.8 Å². The van der Waals surface area contributed by atoms with Gasteiger partial charge in [0.1, 0.15) is 4.83 Å². The molecule has 0 aliphatic carbocycles. The van der Waals surface area contributed by atoms with Crippen LogP contribution in [0.5, 0.6) is 0 Å². The van der Waals surface area contributed by atoms with Crippen LogP contribution in [0.1, 0.15) is 24.3 Å². The first-order chi connectivity index (χ1) is 9.50. The molecule has 0 saturated heterocycles. The molecule has 7 heteroatoms. The highest BCUT2D eigenvalue weighted by molar-refractivity contribution is 7.99. The van der Waals surface area contributed by atoms with E-state index in [0.717, 1.165) is 39.4 Å². The Kier molecular flexibility index (Phi) is 3.62. The number of hydrogen-bond donors (Lipinski definition) is 2. The lowest BCUT2D eigenvalue weighted by Crippen LogP contribution is -2.51. The molecule has 0 radical (unpaired) electrons. The molecule has 5 nitrogen and oxygen atoms in total. The number of aromatic amines is 1. The van der Waals surface area contributed by atoms with E-state index >= 15 is 0 Å². The third kappa shape index (κ3) is 2.50. The highest BCUT2D eigenvalue weighted by Gasteiger charge is 2.30. The smallest absolute Gasteiger partial charge is 0.260 e. The minimum Gasteiger partial charge on any atom is -0.370 e. The van der Waals surface area contributed by atoms with Crippen molar-refractivity contribution in [3.63, 3.8) is 0 Å². The van der Waals surface area contributed by atoms with Gasteiger partial charge in [-0.15, -0.1) is 11.3 Å². The zero-order valence-corrected chi connectivity index (χ0v) is 13.2. The number of rotatable bonds is 3. The zero-order chi connectivity index (χ0) is 14.3. The van der Waals surface area contributed by atoms with E-state index < -0.39 is 0 Å². The summed E-state index contributed by atoms with van der Waals surface area (Å²) in [4.78, 5) is 21.8. The number of fused-ring (bicyclic) bond motifs is 3. The van der Waals surface area contributed by atoms with Gasteiger partial charge in [0.2, 0.25) is 0 Å². The third-order valence-electron chi connectivity index (χ3n) is 3.30. The summed E-state index contributed by atoms with van der Waals surface area (Å²) in [6.45, 7) is 5.50. The molecule has 0 bridgehead atoms. The Morgan fingerprint density at radius 2 is 2.35 bits per heavy atom. The predicted molar refractivity (Wildman–Crippen MR) is 81.3 cm³/mol. The largest absolute Gasteiger partial charge is 0.370 e. The monoisotopic (exact) mass is 312 g/mol. The van der Waals surface area contributed by atoms with Crippen molar-refractivity contribution in [2.45, 2.75) is 37.6 Å². The first-order valence-electron chi connectivity index (χ1n) is 6.61. The lowest BCUT2D eigenvalue weighted by atomic mass is 9.94. The van der Waals surface area contributed by atoms with Crippen molar-refractivity contribution in [3.05, 3.63) is 20.8 Å². The van der Waals surface area contributed by atoms with Gasteiger partial charge in [-0.1, -0.05) is 11.8 Å². The molecule has 4 N–H and O–H groups in total. The standard InChI is InChI=1S/C13H17N3O2S2/c1-13(2)5-7-8(6-18-13)20-11-9(7)10(17)15-12(16-11)19-4-3-14/h3-6,14H2,1-2H3,(H,15,16,17)/p+1. The summed E-state index contributed by atoms with van der Waals surface area (Å²) in [5.74, 6) is 0.857. The van der Waals surface area contributed by atoms with Crippen LogP contribution in [0.25, 0.3) is 10.2 Å². The van der Waals surface area contributed by atoms with Crippen molar-refractivity contribution in [1.29, 1.82) is 0 Å². The molecule has 0 amide bonds. The summed E-state index contributed by atoms with van der Waals surface area (Å²) in [5, 5.41) is 1.44. The van der Waals surface area contributed by atoms with Gasteiger partial charge in [-0.2, -0.15) is 0 Å². The molecule has 0 saturated carbocycles. The normalized spacial score (nSPS) is 17.4. The Morgan fingerprint density at radius 3 is 3.10 bits per heavy atom. The lowest BCUT2D eigenvalue weighted by Gasteiger charge is -2.29. The van der Waals surface area contributed by atoms with E-state index in [-0.39, 0.29) is 11.2 Å². The minimum atomic E-state index is -0.214. The Labute approximate surface area is 124 Å². The van der Waals surface area contributed by atoms with Crippen molar-refractivity contribution >= 4 is 33.3 Å². The minimum absolute atomic E-state index is 0.0308. The van der Waals surface area contributed by atoms with Crippen molar-refractivity contribution in [3.8, 4) is 0 Å². The number of quaternary nitrogens is 1. The number of ether oxygens (including phenoxy) is 1. The zero-order valence-electron chi connectivity index (χ0n) is 11.6. The van der Waals surface area contributed by atoms with E-state index in [1.807, 2.05) is 0 Å². The summed E-state index contributed by atoms with van der Waals surface area (Å²) in [7, 11) is 0. The van der Waals surface area contributed by atoms with E-state index in [1.54, 1.807) is 23.1 Å². The molecule has 0 fully saturated rings. The summed E-state index contributed by atoms with van der Waals surface area (Å²) in [6, 6.07) is 0. The molecule has 0 unspecified atom stereocenters. The molecule has 2 aromatic heterocycles. The van der Waals surface area contributed by atoms with Gasteiger partial charge in [0, 0.05) is 11.3 Å². The number of thioether (sulfide) groups is 1. The van der Waals surface area contributed by atoms with Crippen LogP contribution in [0.3, 0.4) is 0 Å². The van der Waals surface area contributed by atoms with Gasteiger partial charge < -0.3 is 15.5 Å². The van der Waals surface area contributed by atoms with Crippen LogP contribution >= 0.6 is 23.1 Å².